The highest BCUT2D eigenvalue weighted by molar-refractivity contribution is 5.41. The largest absolute Gasteiger partial charge is 0.391 e. The van der Waals surface area contributed by atoms with Gasteiger partial charge in [-0.1, -0.05) is 60.7 Å². The Morgan fingerprint density at radius 1 is 0.950 bits per heavy atom. The van der Waals surface area contributed by atoms with Crippen molar-refractivity contribution in [2.75, 3.05) is 20.1 Å². The molecule has 104 valence electrons. The molecule has 1 heterocycles. The third-order valence-corrected chi connectivity index (χ3v) is 4.57. The van der Waals surface area contributed by atoms with E-state index in [0.29, 0.717) is 0 Å². The molecule has 0 saturated carbocycles. The minimum Gasteiger partial charge on any atom is -0.391 e. The summed E-state index contributed by atoms with van der Waals surface area (Å²) in [6, 6.07) is 20.9. The van der Waals surface area contributed by atoms with Crippen LogP contribution in [0, 0.1) is 0 Å². The van der Waals surface area contributed by atoms with E-state index < -0.39 is 0 Å². The van der Waals surface area contributed by atoms with E-state index in [4.69, 9.17) is 0 Å². The van der Waals surface area contributed by atoms with Gasteiger partial charge in [-0.3, -0.25) is 0 Å². The van der Waals surface area contributed by atoms with E-state index in [1.807, 2.05) is 12.1 Å². The first-order valence-electron chi connectivity index (χ1n) is 7.34. The zero-order valence-electron chi connectivity index (χ0n) is 11.9. The molecule has 1 aliphatic rings. The number of likely N-dealkylation sites (N-methyl/N-ethyl adjacent to an activating group) is 1. The molecule has 0 aromatic heterocycles. The van der Waals surface area contributed by atoms with E-state index in [-0.39, 0.29) is 11.5 Å². The van der Waals surface area contributed by atoms with Crippen LogP contribution in [0.3, 0.4) is 0 Å². The zero-order chi connectivity index (χ0) is 14.0. The summed E-state index contributed by atoms with van der Waals surface area (Å²) in [5.41, 5.74) is 2.15. The van der Waals surface area contributed by atoms with Crippen LogP contribution in [-0.2, 0) is 5.41 Å². The molecule has 1 aliphatic heterocycles. The summed E-state index contributed by atoms with van der Waals surface area (Å²) in [5.74, 6) is 0. The number of piperidine rings is 1. The molecule has 0 bridgehead atoms. The third-order valence-electron chi connectivity index (χ3n) is 4.57. The lowest BCUT2D eigenvalue weighted by Crippen LogP contribution is -3.12. The highest BCUT2D eigenvalue weighted by Crippen LogP contribution is 2.37. The minimum atomic E-state index is -0.323. The number of rotatable bonds is 2. The van der Waals surface area contributed by atoms with Crippen LogP contribution in [0.25, 0.3) is 0 Å². The minimum absolute atomic E-state index is 0.287. The molecule has 0 aliphatic carbocycles. The van der Waals surface area contributed by atoms with Gasteiger partial charge in [0.2, 0.25) is 0 Å². The van der Waals surface area contributed by atoms with Crippen LogP contribution in [0.4, 0.5) is 0 Å². The first kappa shape index (κ1) is 13.3. The number of hydrogen-bond acceptors (Lipinski definition) is 1. The fraction of sp³-hybridized carbons (Fsp3) is 0.333. The number of likely N-dealkylation sites (tertiary alicyclic amines) is 1. The van der Waals surface area contributed by atoms with E-state index in [1.54, 1.807) is 0 Å². The summed E-state index contributed by atoms with van der Waals surface area (Å²) in [6.45, 7) is 1.96. The zero-order valence-corrected chi connectivity index (χ0v) is 11.9. The second-order valence-electron chi connectivity index (χ2n) is 5.89. The Morgan fingerprint density at radius 2 is 1.45 bits per heavy atom. The molecule has 2 heteroatoms. The van der Waals surface area contributed by atoms with E-state index in [2.05, 4.69) is 55.6 Å². The van der Waals surface area contributed by atoms with Crippen molar-refractivity contribution in [1.82, 2.24) is 0 Å². The second kappa shape index (κ2) is 5.39. The average molecular weight is 268 g/mol. The molecule has 2 atom stereocenters. The molecule has 2 nitrogen and oxygen atoms in total. The summed E-state index contributed by atoms with van der Waals surface area (Å²) in [6.07, 6.45) is 0.520. The van der Waals surface area contributed by atoms with Gasteiger partial charge in [-0.05, 0) is 11.1 Å². The molecule has 1 fully saturated rings. The van der Waals surface area contributed by atoms with E-state index in [9.17, 15) is 5.11 Å². The van der Waals surface area contributed by atoms with Crippen LogP contribution in [0.1, 0.15) is 17.5 Å². The molecule has 2 unspecified atom stereocenters. The smallest absolute Gasteiger partial charge is 0.0953 e. The van der Waals surface area contributed by atoms with Crippen LogP contribution < -0.4 is 4.90 Å². The Balaban J connectivity index is 2.17. The van der Waals surface area contributed by atoms with Crippen LogP contribution in [0.15, 0.2) is 60.7 Å². The second-order valence-corrected chi connectivity index (χ2v) is 5.89. The Hall–Kier alpha value is -1.64. The number of aliphatic hydroxyl groups is 1. The maximum absolute atomic E-state index is 10.8. The van der Waals surface area contributed by atoms with Crippen molar-refractivity contribution in [2.45, 2.75) is 17.9 Å². The topological polar surface area (TPSA) is 24.7 Å². The fourth-order valence-electron chi connectivity index (χ4n) is 3.54. The molecular weight excluding hydrogens is 246 g/mol. The molecular formula is C18H22NO+. The van der Waals surface area contributed by atoms with Crippen LogP contribution in [0.5, 0.6) is 0 Å². The molecule has 0 radical (unpaired) electrons. The van der Waals surface area contributed by atoms with Crippen molar-refractivity contribution in [1.29, 1.82) is 0 Å². The highest BCUT2D eigenvalue weighted by Gasteiger charge is 2.47. The van der Waals surface area contributed by atoms with Crippen LogP contribution in [-0.4, -0.2) is 31.3 Å². The van der Waals surface area contributed by atoms with Crippen molar-refractivity contribution < 1.29 is 10.0 Å². The molecule has 2 aromatic carbocycles. The molecule has 1 saturated heterocycles. The number of hydrogen-bond donors (Lipinski definition) is 2. The standard InChI is InChI=1S/C18H21NO/c1-19-13-12-17(20)18(14-19,15-8-4-2-5-9-15)16-10-6-3-7-11-16/h2-11,17,20H,12-14H2,1H3/p+1. The van der Waals surface area contributed by atoms with Crippen LogP contribution >= 0.6 is 0 Å². The Labute approximate surface area is 120 Å². The van der Waals surface area contributed by atoms with E-state index in [0.717, 1.165) is 19.5 Å². The third kappa shape index (κ3) is 2.15. The van der Waals surface area contributed by atoms with Gasteiger partial charge in [-0.15, -0.1) is 0 Å². The maximum Gasteiger partial charge on any atom is 0.0953 e. The Morgan fingerprint density at radius 3 is 1.95 bits per heavy atom. The lowest BCUT2D eigenvalue weighted by molar-refractivity contribution is -0.890. The predicted molar refractivity (Wildman–Crippen MR) is 80.9 cm³/mol. The Kier molecular flexibility index (Phi) is 3.60. The van der Waals surface area contributed by atoms with Crippen LogP contribution in [0.2, 0.25) is 0 Å². The summed E-state index contributed by atoms with van der Waals surface area (Å²) >= 11 is 0. The maximum atomic E-state index is 10.8. The SMILES string of the molecule is C[NH+]1CCC(O)C(c2ccccc2)(c2ccccc2)C1. The summed E-state index contributed by atoms with van der Waals surface area (Å²) in [5, 5.41) is 10.8. The monoisotopic (exact) mass is 268 g/mol. The van der Waals surface area contributed by atoms with E-state index in [1.165, 1.54) is 16.0 Å². The first-order valence-corrected chi connectivity index (χ1v) is 7.34. The van der Waals surface area contributed by atoms with Gasteiger partial charge in [0.15, 0.2) is 0 Å². The van der Waals surface area contributed by atoms with Gasteiger partial charge >= 0.3 is 0 Å². The molecule has 20 heavy (non-hydrogen) atoms. The highest BCUT2D eigenvalue weighted by atomic mass is 16.3. The lowest BCUT2D eigenvalue weighted by Gasteiger charge is -2.43. The number of nitrogens with one attached hydrogen (secondary N) is 1. The average Bonchev–Trinajstić information content (AvgIpc) is 2.51. The van der Waals surface area contributed by atoms with Gasteiger partial charge in [0.25, 0.3) is 0 Å². The molecule has 0 spiro atoms. The van der Waals surface area contributed by atoms with Gasteiger partial charge in [-0.2, -0.15) is 0 Å². The van der Waals surface area contributed by atoms with Crippen molar-refractivity contribution in [3.8, 4) is 0 Å². The van der Waals surface area contributed by atoms with Crippen molar-refractivity contribution in [3.63, 3.8) is 0 Å². The summed E-state index contributed by atoms with van der Waals surface area (Å²) < 4.78 is 0. The van der Waals surface area contributed by atoms with Gasteiger partial charge < -0.3 is 10.0 Å². The summed E-state index contributed by atoms with van der Waals surface area (Å²) in [7, 11) is 2.21. The summed E-state index contributed by atoms with van der Waals surface area (Å²) in [4.78, 5) is 1.48. The Bertz CT molecular complexity index is 513. The van der Waals surface area contributed by atoms with Crippen molar-refractivity contribution in [2.24, 2.45) is 0 Å². The number of benzene rings is 2. The van der Waals surface area contributed by atoms with Gasteiger partial charge in [0.1, 0.15) is 0 Å². The fourth-order valence-corrected chi connectivity index (χ4v) is 3.54. The van der Waals surface area contributed by atoms with Gasteiger partial charge in [-0.25, -0.2) is 0 Å². The molecule has 3 rings (SSSR count). The molecule has 2 N–H and O–H groups in total. The van der Waals surface area contributed by atoms with Gasteiger partial charge in [0, 0.05) is 6.42 Å². The first-order chi connectivity index (χ1) is 9.73. The quantitative estimate of drug-likeness (QED) is 0.842. The number of aliphatic hydroxyl groups excluding tert-OH is 1. The van der Waals surface area contributed by atoms with E-state index >= 15 is 0 Å². The molecule has 2 aromatic rings. The molecule has 0 amide bonds. The van der Waals surface area contributed by atoms with Gasteiger partial charge in [0.05, 0.1) is 31.7 Å². The number of quaternary nitrogens is 1. The normalized spacial score (nSPS) is 25.3. The van der Waals surface area contributed by atoms with Crippen molar-refractivity contribution in [3.05, 3.63) is 71.8 Å². The lowest BCUT2D eigenvalue weighted by atomic mass is 9.67. The predicted octanol–water partition coefficient (Wildman–Crippen LogP) is 1.25. The van der Waals surface area contributed by atoms with Crippen molar-refractivity contribution >= 4 is 0 Å².